The highest BCUT2D eigenvalue weighted by atomic mass is 32.2. The van der Waals surface area contributed by atoms with E-state index in [2.05, 4.69) is 22.5 Å². The van der Waals surface area contributed by atoms with Gasteiger partial charge >= 0.3 is 0 Å². The molecule has 1 aromatic heterocycles. The van der Waals surface area contributed by atoms with Crippen LogP contribution < -0.4 is 0 Å². The lowest BCUT2D eigenvalue weighted by molar-refractivity contribution is 1.04. The molecule has 2 nitrogen and oxygen atoms in total. The predicted octanol–water partition coefficient (Wildman–Crippen LogP) is 2.51. The first kappa shape index (κ1) is 9.86. The third kappa shape index (κ3) is 2.38. The quantitative estimate of drug-likeness (QED) is 0.700. The molecule has 0 aliphatic carbocycles. The minimum Gasteiger partial charge on any atom is -0.258 e. The van der Waals surface area contributed by atoms with Crippen LogP contribution >= 0.6 is 23.5 Å². The largest absolute Gasteiger partial charge is 0.258 e. The summed E-state index contributed by atoms with van der Waals surface area (Å²) in [5.41, 5.74) is 2.03. The molecule has 0 aliphatic rings. The highest BCUT2D eigenvalue weighted by Gasteiger charge is 2.08. The Morgan fingerprint density at radius 3 is 2.25 bits per heavy atom. The third-order valence-electron chi connectivity index (χ3n) is 1.47. The SMILES string of the molecule is CSC(SC)c1cnc(C)cn1. The Morgan fingerprint density at radius 1 is 1.17 bits per heavy atom. The van der Waals surface area contributed by atoms with Gasteiger partial charge in [-0.2, -0.15) is 0 Å². The molecule has 0 saturated carbocycles. The normalized spacial score (nSPS) is 10.7. The van der Waals surface area contributed by atoms with Crippen LogP contribution in [0.25, 0.3) is 0 Å². The van der Waals surface area contributed by atoms with Gasteiger partial charge in [0.05, 0.1) is 22.2 Å². The van der Waals surface area contributed by atoms with Gasteiger partial charge in [-0.3, -0.25) is 9.97 Å². The van der Waals surface area contributed by atoms with Crippen molar-refractivity contribution in [3.63, 3.8) is 0 Å². The fourth-order valence-corrected chi connectivity index (χ4v) is 2.36. The maximum absolute atomic E-state index is 4.32. The summed E-state index contributed by atoms with van der Waals surface area (Å²) in [6.07, 6.45) is 7.84. The molecule has 0 aromatic carbocycles. The lowest BCUT2D eigenvalue weighted by atomic mass is 10.4. The van der Waals surface area contributed by atoms with Crippen LogP contribution in [0.2, 0.25) is 0 Å². The van der Waals surface area contributed by atoms with E-state index < -0.39 is 0 Å². The van der Waals surface area contributed by atoms with Crippen LogP contribution in [-0.4, -0.2) is 22.5 Å². The van der Waals surface area contributed by atoms with Gasteiger partial charge in [0.15, 0.2) is 0 Å². The predicted molar refractivity (Wildman–Crippen MR) is 56.5 cm³/mol. The summed E-state index contributed by atoms with van der Waals surface area (Å²) in [6, 6.07) is 0. The summed E-state index contributed by atoms with van der Waals surface area (Å²) in [5.74, 6) is 0. The molecule has 0 amide bonds. The van der Waals surface area contributed by atoms with Crippen molar-refractivity contribution < 1.29 is 0 Å². The van der Waals surface area contributed by atoms with Crippen LogP contribution in [0.5, 0.6) is 0 Å². The Kier molecular flexibility index (Phi) is 3.88. The Hall–Kier alpha value is -0.220. The van der Waals surface area contributed by atoms with Crippen molar-refractivity contribution >= 4 is 23.5 Å². The topological polar surface area (TPSA) is 25.8 Å². The Labute approximate surface area is 81.6 Å². The van der Waals surface area contributed by atoms with E-state index in [4.69, 9.17) is 0 Å². The molecule has 1 aromatic rings. The van der Waals surface area contributed by atoms with Gasteiger partial charge < -0.3 is 0 Å². The van der Waals surface area contributed by atoms with Gasteiger partial charge in [0.1, 0.15) is 0 Å². The first-order valence-corrected chi connectivity index (χ1v) is 6.19. The second-order valence-corrected chi connectivity index (χ2v) is 4.57. The van der Waals surface area contributed by atoms with Gasteiger partial charge in [-0.05, 0) is 19.4 Å². The van der Waals surface area contributed by atoms with Crippen molar-refractivity contribution in [3.05, 3.63) is 23.8 Å². The second-order valence-electron chi connectivity index (χ2n) is 2.39. The van der Waals surface area contributed by atoms with Gasteiger partial charge in [-0.1, -0.05) is 0 Å². The van der Waals surface area contributed by atoms with Crippen molar-refractivity contribution in [1.82, 2.24) is 9.97 Å². The molecule has 0 radical (unpaired) electrons. The average molecular weight is 200 g/mol. The van der Waals surface area contributed by atoms with E-state index in [0.717, 1.165) is 11.4 Å². The third-order valence-corrected chi connectivity index (χ3v) is 3.96. The van der Waals surface area contributed by atoms with Crippen LogP contribution in [0.1, 0.15) is 16.0 Å². The van der Waals surface area contributed by atoms with E-state index in [0.29, 0.717) is 4.58 Å². The maximum atomic E-state index is 4.32. The molecule has 0 N–H and O–H groups in total. The summed E-state index contributed by atoms with van der Waals surface area (Å²) in [7, 11) is 0. The highest BCUT2D eigenvalue weighted by Crippen LogP contribution is 2.33. The Balaban J connectivity index is 2.80. The molecular formula is C8H12N2S2. The molecule has 12 heavy (non-hydrogen) atoms. The lowest BCUT2D eigenvalue weighted by Crippen LogP contribution is -1.94. The summed E-state index contributed by atoms with van der Waals surface area (Å²) in [5, 5.41) is 0. The molecule has 0 spiro atoms. The average Bonchev–Trinajstić information content (AvgIpc) is 2.10. The lowest BCUT2D eigenvalue weighted by Gasteiger charge is -2.09. The van der Waals surface area contributed by atoms with Crippen molar-refractivity contribution in [2.24, 2.45) is 0 Å². The molecular weight excluding hydrogens is 188 g/mol. The smallest absolute Gasteiger partial charge is 0.0932 e. The number of hydrogen-bond acceptors (Lipinski definition) is 4. The number of rotatable bonds is 3. The number of hydrogen-bond donors (Lipinski definition) is 0. The molecule has 1 heterocycles. The standard InChI is InChI=1S/C8H12N2S2/c1-6-4-10-7(5-9-6)8(11-2)12-3/h4-5,8H,1-3H3. The van der Waals surface area contributed by atoms with E-state index >= 15 is 0 Å². The molecule has 0 bridgehead atoms. The van der Waals surface area contributed by atoms with E-state index in [1.165, 1.54) is 0 Å². The van der Waals surface area contributed by atoms with E-state index in [1.54, 1.807) is 23.5 Å². The van der Waals surface area contributed by atoms with Crippen LogP contribution in [0.3, 0.4) is 0 Å². The highest BCUT2D eigenvalue weighted by molar-refractivity contribution is 8.15. The fourth-order valence-electron chi connectivity index (χ4n) is 0.862. The number of thioether (sulfide) groups is 2. The van der Waals surface area contributed by atoms with Crippen molar-refractivity contribution in [1.29, 1.82) is 0 Å². The molecule has 0 fully saturated rings. The van der Waals surface area contributed by atoms with Gasteiger partial charge in [0.2, 0.25) is 0 Å². The van der Waals surface area contributed by atoms with Crippen molar-refractivity contribution in [2.75, 3.05) is 12.5 Å². The Bertz CT molecular complexity index is 231. The van der Waals surface area contributed by atoms with Gasteiger partial charge in [0.25, 0.3) is 0 Å². The molecule has 0 atom stereocenters. The fraction of sp³-hybridized carbons (Fsp3) is 0.500. The number of aryl methyl sites for hydroxylation is 1. The Morgan fingerprint density at radius 2 is 1.83 bits per heavy atom. The first-order valence-electron chi connectivity index (χ1n) is 3.62. The van der Waals surface area contributed by atoms with Crippen molar-refractivity contribution in [3.8, 4) is 0 Å². The van der Waals surface area contributed by atoms with Gasteiger partial charge in [0, 0.05) is 6.20 Å². The van der Waals surface area contributed by atoms with Gasteiger partial charge in [-0.15, -0.1) is 23.5 Å². The minimum absolute atomic E-state index is 0.415. The van der Waals surface area contributed by atoms with E-state index in [-0.39, 0.29) is 0 Å². The zero-order valence-electron chi connectivity index (χ0n) is 7.44. The van der Waals surface area contributed by atoms with E-state index in [9.17, 15) is 0 Å². The first-order chi connectivity index (χ1) is 5.77. The molecule has 0 unspecified atom stereocenters. The summed E-state index contributed by atoms with van der Waals surface area (Å²) >= 11 is 3.58. The van der Waals surface area contributed by atoms with Crippen LogP contribution in [0, 0.1) is 6.92 Å². The summed E-state index contributed by atoms with van der Waals surface area (Å²) in [6.45, 7) is 1.95. The zero-order chi connectivity index (χ0) is 8.97. The summed E-state index contributed by atoms with van der Waals surface area (Å²) < 4.78 is 0.415. The van der Waals surface area contributed by atoms with E-state index in [1.807, 2.05) is 19.3 Å². The van der Waals surface area contributed by atoms with Crippen LogP contribution in [-0.2, 0) is 0 Å². The van der Waals surface area contributed by atoms with Crippen molar-refractivity contribution in [2.45, 2.75) is 11.5 Å². The maximum Gasteiger partial charge on any atom is 0.0932 e. The van der Waals surface area contributed by atoms with Gasteiger partial charge in [-0.25, -0.2) is 0 Å². The molecule has 4 heteroatoms. The molecule has 66 valence electrons. The molecule has 1 rings (SSSR count). The number of nitrogens with zero attached hydrogens (tertiary/aromatic N) is 2. The monoisotopic (exact) mass is 200 g/mol. The summed E-state index contributed by atoms with van der Waals surface area (Å²) in [4.78, 5) is 8.52. The zero-order valence-corrected chi connectivity index (χ0v) is 9.08. The minimum atomic E-state index is 0.415. The second kappa shape index (κ2) is 4.72. The van der Waals surface area contributed by atoms with Crippen LogP contribution in [0.15, 0.2) is 12.4 Å². The molecule has 0 aliphatic heterocycles. The van der Waals surface area contributed by atoms with Crippen LogP contribution in [0.4, 0.5) is 0 Å². The molecule has 0 saturated heterocycles. The number of aromatic nitrogens is 2.